The third-order valence-electron chi connectivity index (χ3n) is 3.69. The molecule has 1 aromatic carbocycles. The topological polar surface area (TPSA) is 32.9 Å². The Morgan fingerprint density at radius 2 is 2.00 bits per heavy atom. The fourth-order valence-electron chi connectivity index (χ4n) is 2.62. The summed E-state index contributed by atoms with van der Waals surface area (Å²) in [4.78, 5) is 15.4. The summed E-state index contributed by atoms with van der Waals surface area (Å²) in [6.07, 6.45) is 2.69. The smallest absolute Gasteiger partial charge is 0.165 e. The number of carbonyl (C=O) groups excluding carboxylic acids is 1. The number of aromatic amines is 1. The second kappa shape index (κ2) is 3.21. The summed E-state index contributed by atoms with van der Waals surface area (Å²) < 4.78 is 0. The van der Waals surface area contributed by atoms with Gasteiger partial charge in [-0.2, -0.15) is 0 Å². The van der Waals surface area contributed by atoms with Gasteiger partial charge in [0, 0.05) is 28.6 Å². The normalized spacial score (nSPS) is 15.5. The SMILES string of the molecule is Cc1ccc2c3c([nH]c2c1C)CCCC3=O. The molecule has 0 fully saturated rings. The molecule has 0 atom stereocenters. The van der Waals surface area contributed by atoms with E-state index in [2.05, 4.69) is 31.0 Å². The zero-order chi connectivity index (χ0) is 11.3. The van der Waals surface area contributed by atoms with E-state index in [0.717, 1.165) is 35.0 Å². The average molecular weight is 213 g/mol. The molecule has 0 saturated carbocycles. The molecule has 0 bridgehead atoms. The number of Topliss-reactive ketones (excluding diaryl/α,β-unsaturated/α-hetero) is 1. The van der Waals surface area contributed by atoms with Crippen LogP contribution in [0.3, 0.4) is 0 Å². The summed E-state index contributed by atoms with van der Waals surface area (Å²) >= 11 is 0. The summed E-state index contributed by atoms with van der Waals surface area (Å²) in [7, 11) is 0. The van der Waals surface area contributed by atoms with E-state index in [0.29, 0.717) is 12.2 Å². The number of ketones is 1. The Hall–Kier alpha value is -1.57. The van der Waals surface area contributed by atoms with Gasteiger partial charge in [-0.1, -0.05) is 12.1 Å². The summed E-state index contributed by atoms with van der Waals surface area (Å²) in [5.41, 5.74) is 5.78. The van der Waals surface area contributed by atoms with Crippen LogP contribution >= 0.6 is 0 Å². The van der Waals surface area contributed by atoms with Crippen molar-refractivity contribution in [1.82, 2.24) is 4.98 Å². The highest BCUT2D eigenvalue weighted by Crippen LogP contribution is 2.31. The third kappa shape index (κ3) is 1.16. The molecular weight excluding hydrogens is 198 g/mol. The molecule has 2 nitrogen and oxygen atoms in total. The second-order valence-electron chi connectivity index (χ2n) is 4.69. The van der Waals surface area contributed by atoms with Crippen molar-refractivity contribution in [2.45, 2.75) is 33.1 Å². The lowest BCUT2D eigenvalue weighted by Crippen LogP contribution is -2.08. The first-order valence-electron chi connectivity index (χ1n) is 5.82. The van der Waals surface area contributed by atoms with Crippen molar-refractivity contribution in [1.29, 1.82) is 0 Å². The summed E-state index contributed by atoms with van der Waals surface area (Å²) in [5, 5.41) is 1.11. The molecule has 3 rings (SSSR count). The zero-order valence-electron chi connectivity index (χ0n) is 9.68. The van der Waals surface area contributed by atoms with Crippen LogP contribution in [0.5, 0.6) is 0 Å². The van der Waals surface area contributed by atoms with Crippen LogP contribution in [0.15, 0.2) is 12.1 Å². The number of nitrogens with one attached hydrogen (secondary N) is 1. The largest absolute Gasteiger partial charge is 0.358 e. The van der Waals surface area contributed by atoms with Gasteiger partial charge in [-0.3, -0.25) is 4.79 Å². The van der Waals surface area contributed by atoms with Crippen molar-refractivity contribution >= 4 is 16.7 Å². The van der Waals surface area contributed by atoms with Gasteiger partial charge in [0.25, 0.3) is 0 Å². The van der Waals surface area contributed by atoms with E-state index < -0.39 is 0 Å². The number of rotatable bonds is 0. The molecule has 0 unspecified atom stereocenters. The van der Waals surface area contributed by atoms with Gasteiger partial charge in [0.1, 0.15) is 0 Å². The van der Waals surface area contributed by atoms with Gasteiger partial charge < -0.3 is 4.98 Å². The van der Waals surface area contributed by atoms with E-state index in [1.165, 1.54) is 11.1 Å². The number of hydrogen-bond acceptors (Lipinski definition) is 1. The van der Waals surface area contributed by atoms with Gasteiger partial charge in [-0.15, -0.1) is 0 Å². The zero-order valence-corrected chi connectivity index (χ0v) is 9.68. The van der Waals surface area contributed by atoms with E-state index in [9.17, 15) is 4.79 Å². The fraction of sp³-hybridized carbons (Fsp3) is 0.357. The van der Waals surface area contributed by atoms with Crippen LogP contribution in [-0.2, 0) is 6.42 Å². The molecular formula is C14H15NO. The van der Waals surface area contributed by atoms with Crippen LogP contribution in [0.1, 0.15) is 40.0 Å². The van der Waals surface area contributed by atoms with Crippen molar-refractivity contribution in [3.05, 3.63) is 34.5 Å². The summed E-state index contributed by atoms with van der Waals surface area (Å²) in [6, 6.07) is 4.18. The standard InChI is InChI=1S/C14H15NO/c1-8-6-7-10-13-11(4-3-5-12(13)16)15-14(10)9(8)2/h6-7,15H,3-5H2,1-2H3. The van der Waals surface area contributed by atoms with Gasteiger partial charge in [0.2, 0.25) is 0 Å². The van der Waals surface area contributed by atoms with Crippen LogP contribution < -0.4 is 0 Å². The van der Waals surface area contributed by atoms with Gasteiger partial charge in [-0.25, -0.2) is 0 Å². The van der Waals surface area contributed by atoms with Crippen LogP contribution in [0.25, 0.3) is 10.9 Å². The number of aryl methyl sites for hydroxylation is 3. The number of fused-ring (bicyclic) bond motifs is 3. The first-order chi connectivity index (χ1) is 7.68. The molecule has 1 aromatic heterocycles. The lowest BCUT2D eigenvalue weighted by Gasteiger charge is -2.09. The Kier molecular flexibility index (Phi) is 1.93. The minimum absolute atomic E-state index is 0.302. The molecule has 82 valence electrons. The van der Waals surface area contributed by atoms with Gasteiger partial charge in [0.15, 0.2) is 5.78 Å². The summed E-state index contributed by atoms with van der Waals surface area (Å²) in [6.45, 7) is 4.22. The molecule has 0 saturated heterocycles. The first-order valence-corrected chi connectivity index (χ1v) is 5.82. The van der Waals surface area contributed by atoms with Crippen molar-refractivity contribution in [3.8, 4) is 0 Å². The lowest BCUT2D eigenvalue weighted by molar-refractivity contribution is 0.0974. The Morgan fingerprint density at radius 3 is 2.81 bits per heavy atom. The number of benzene rings is 1. The molecule has 1 aliphatic carbocycles. The van der Waals surface area contributed by atoms with Crippen LogP contribution in [0.4, 0.5) is 0 Å². The highest BCUT2D eigenvalue weighted by molar-refractivity contribution is 6.10. The maximum absolute atomic E-state index is 11.9. The van der Waals surface area contributed by atoms with Gasteiger partial charge in [0.05, 0.1) is 0 Å². The molecule has 0 amide bonds. The van der Waals surface area contributed by atoms with E-state index in [1.807, 2.05) is 0 Å². The van der Waals surface area contributed by atoms with Crippen LogP contribution in [0, 0.1) is 13.8 Å². The number of H-pyrrole nitrogens is 1. The highest BCUT2D eigenvalue weighted by Gasteiger charge is 2.22. The minimum atomic E-state index is 0.302. The molecule has 1 aliphatic rings. The molecule has 2 heteroatoms. The predicted octanol–water partition coefficient (Wildman–Crippen LogP) is 3.30. The van der Waals surface area contributed by atoms with Gasteiger partial charge >= 0.3 is 0 Å². The quantitative estimate of drug-likeness (QED) is 0.715. The Morgan fingerprint density at radius 1 is 1.19 bits per heavy atom. The molecule has 2 aromatic rings. The number of aromatic nitrogens is 1. The Labute approximate surface area is 94.7 Å². The minimum Gasteiger partial charge on any atom is -0.358 e. The molecule has 1 N–H and O–H groups in total. The van der Waals surface area contributed by atoms with E-state index >= 15 is 0 Å². The number of hydrogen-bond donors (Lipinski definition) is 1. The van der Waals surface area contributed by atoms with E-state index in [1.54, 1.807) is 0 Å². The second-order valence-corrected chi connectivity index (χ2v) is 4.69. The van der Waals surface area contributed by atoms with Crippen molar-refractivity contribution < 1.29 is 4.79 Å². The average Bonchev–Trinajstić information content (AvgIpc) is 2.64. The van der Waals surface area contributed by atoms with Crippen molar-refractivity contribution in [2.24, 2.45) is 0 Å². The molecule has 16 heavy (non-hydrogen) atoms. The molecule has 0 spiro atoms. The first kappa shape index (κ1) is 9.64. The fourth-order valence-corrected chi connectivity index (χ4v) is 2.62. The molecule has 1 heterocycles. The van der Waals surface area contributed by atoms with E-state index in [-0.39, 0.29) is 0 Å². The summed E-state index contributed by atoms with van der Waals surface area (Å²) in [5.74, 6) is 0.302. The van der Waals surface area contributed by atoms with E-state index in [4.69, 9.17) is 0 Å². The number of carbonyl (C=O) groups is 1. The molecule has 0 radical (unpaired) electrons. The Bertz CT molecular complexity index is 592. The maximum atomic E-state index is 11.9. The monoisotopic (exact) mass is 213 g/mol. The maximum Gasteiger partial charge on any atom is 0.165 e. The van der Waals surface area contributed by atoms with Crippen LogP contribution in [-0.4, -0.2) is 10.8 Å². The Balaban J connectivity index is 2.41. The lowest BCUT2D eigenvalue weighted by atomic mass is 9.93. The van der Waals surface area contributed by atoms with Crippen molar-refractivity contribution in [2.75, 3.05) is 0 Å². The van der Waals surface area contributed by atoms with Crippen LogP contribution in [0.2, 0.25) is 0 Å². The van der Waals surface area contributed by atoms with Gasteiger partial charge in [-0.05, 0) is 37.8 Å². The predicted molar refractivity (Wildman–Crippen MR) is 65.0 cm³/mol. The third-order valence-corrected chi connectivity index (χ3v) is 3.69. The molecule has 0 aliphatic heterocycles. The highest BCUT2D eigenvalue weighted by atomic mass is 16.1. The van der Waals surface area contributed by atoms with Crippen molar-refractivity contribution in [3.63, 3.8) is 0 Å².